The van der Waals surface area contributed by atoms with Gasteiger partial charge in [-0.3, -0.25) is 4.79 Å². The van der Waals surface area contributed by atoms with Gasteiger partial charge in [-0.15, -0.1) is 0 Å². The van der Waals surface area contributed by atoms with Crippen molar-refractivity contribution in [2.75, 3.05) is 43.0 Å². The van der Waals surface area contributed by atoms with Crippen molar-refractivity contribution in [2.24, 2.45) is 4.99 Å². The van der Waals surface area contributed by atoms with E-state index in [1.807, 2.05) is 24.3 Å². The van der Waals surface area contributed by atoms with Gasteiger partial charge in [-0.05, 0) is 56.5 Å². The number of ether oxygens (including phenoxy) is 1. The molecule has 3 rings (SSSR count). The quantitative estimate of drug-likeness (QED) is 0.315. The summed E-state index contributed by atoms with van der Waals surface area (Å²) in [6.45, 7) is 9.72. The molecule has 0 saturated carbocycles. The van der Waals surface area contributed by atoms with Crippen LogP contribution in [0, 0.1) is 0 Å². The Balaban J connectivity index is 1.54. The van der Waals surface area contributed by atoms with Gasteiger partial charge >= 0.3 is 0 Å². The Kier molecular flexibility index (Phi) is 8.78. The van der Waals surface area contributed by atoms with Crippen molar-refractivity contribution in [1.29, 1.82) is 0 Å². The van der Waals surface area contributed by atoms with Crippen molar-refractivity contribution in [1.82, 2.24) is 10.6 Å². The Bertz CT molecular complexity index is 909. The summed E-state index contributed by atoms with van der Waals surface area (Å²) in [6.07, 6.45) is 2.55. The zero-order valence-electron chi connectivity index (χ0n) is 19.4. The largest absolute Gasteiger partial charge is 0.492 e. The summed E-state index contributed by atoms with van der Waals surface area (Å²) in [6, 6.07) is 16.3. The molecule has 1 unspecified atom stereocenters. The average molecular weight is 438 g/mol. The van der Waals surface area contributed by atoms with Crippen LogP contribution in [0.5, 0.6) is 5.75 Å². The number of rotatable bonds is 9. The van der Waals surface area contributed by atoms with Crippen molar-refractivity contribution in [2.45, 2.75) is 39.7 Å². The van der Waals surface area contributed by atoms with E-state index < -0.39 is 0 Å². The second kappa shape index (κ2) is 12.0. The highest BCUT2D eigenvalue weighted by atomic mass is 16.5. The predicted molar refractivity (Wildman–Crippen MR) is 132 cm³/mol. The van der Waals surface area contributed by atoms with Crippen molar-refractivity contribution >= 4 is 23.2 Å². The molecule has 0 aliphatic carbocycles. The van der Waals surface area contributed by atoms with Gasteiger partial charge in [0.25, 0.3) is 0 Å². The van der Waals surface area contributed by atoms with E-state index in [0.29, 0.717) is 18.9 Å². The van der Waals surface area contributed by atoms with Gasteiger partial charge in [0.2, 0.25) is 5.91 Å². The Morgan fingerprint density at radius 1 is 1.16 bits per heavy atom. The molecule has 7 nitrogen and oxygen atoms in total. The van der Waals surface area contributed by atoms with Crippen LogP contribution < -0.4 is 25.6 Å². The third kappa shape index (κ3) is 7.18. The van der Waals surface area contributed by atoms with Crippen LogP contribution >= 0.6 is 0 Å². The minimum absolute atomic E-state index is 0.104. The smallest absolute Gasteiger partial charge is 0.221 e. The van der Waals surface area contributed by atoms with E-state index in [1.54, 1.807) is 0 Å². The number of nitrogens with zero attached hydrogens (tertiary/aromatic N) is 2. The third-order valence-corrected chi connectivity index (χ3v) is 5.32. The number of nitrogens with one attached hydrogen (secondary N) is 3. The molecule has 32 heavy (non-hydrogen) atoms. The molecular weight excluding hydrogens is 402 g/mol. The van der Waals surface area contributed by atoms with Crippen LogP contribution in [0.2, 0.25) is 0 Å². The zero-order chi connectivity index (χ0) is 22.8. The first kappa shape index (κ1) is 23.4. The van der Waals surface area contributed by atoms with Crippen LogP contribution in [0.15, 0.2) is 53.5 Å². The van der Waals surface area contributed by atoms with E-state index in [2.05, 4.69) is 64.0 Å². The molecule has 2 aromatic rings. The molecule has 1 fully saturated rings. The molecule has 2 aromatic carbocycles. The summed E-state index contributed by atoms with van der Waals surface area (Å²) >= 11 is 0. The van der Waals surface area contributed by atoms with Gasteiger partial charge in [-0.25, -0.2) is 4.99 Å². The van der Waals surface area contributed by atoms with E-state index in [-0.39, 0.29) is 11.9 Å². The number of amides is 1. The molecular formula is C25H35N5O2. The van der Waals surface area contributed by atoms with Gasteiger partial charge in [0.15, 0.2) is 5.96 Å². The fraction of sp³-hybridized carbons (Fsp3) is 0.440. The van der Waals surface area contributed by atoms with E-state index in [0.717, 1.165) is 31.3 Å². The molecule has 0 spiro atoms. The van der Waals surface area contributed by atoms with Crippen LogP contribution in [0.3, 0.4) is 0 Å². The van der Waals surface area contributed by atoms with Gasteiger partial charge < -0.3 is 25.6 Å². The second-order valence-electron chi connectivity index (χ2n) is 7.97. The number of hydrogen-bond acceptors (Lipinski definition) is 4. The molecule has 1 saturated heterocycles. The minimum atomic E-state index is -0.104. The lowest BCUT2D eigenvalue weighted by Crippen LogP contribution is -2.39. The Morgan fingerprint density at radius 2 is 1.94 bits per heavy atom. The number of aliphatic imine (C=N–C) groups is 1. The molecule has 7 heteroatoms. The summed E-state index contributed by atoms with van der Waals surface area (Å²) in [5.74, 6) is 1.37. The maximum absolute atomic E-state index is 11.2. The molecule has 1 heterocycles. The first-order valence-corrected chi connectivity index (χ1v) is 11.5. The zero-order valence-corrected chi connectivity index (χ0v) is 19.4. The van der Waals surface area contributed by atoms with E-state index in [9.17, 15) is 4.79 Å². The maximum atomic E-state index is 11.2. The molecule has 1 amide bonds. The highest BCUT2D eigenvalue weighted by Gasteiger charge is 2.14. The SMILES string of the molecule is CCNC(=NCCOc1cccc(NC(C)=O)c1)NC(C)c1cccc(N2CCCC2)c1. The lowest BCUT2D eigenvalue weighted by molar-refractivity contribution is -0.114. The Hall–Kier alpha value is -3.22. The van der Waals surface area contributed by atoms with Gasteiger partial charge in [0, 0.05) is 44.0 Å². The molecule has 0 aromatic heterocycles. The lowest BCUT2D eigenvalue weighted by atomic mass is 10.1. The molecule has 0 radical (unpaired) electrons. The predicted octanol–water partition coefficient (Wildman–Crippen LogP) is 3.94. The summed E-state index contributed by atoms with van der Waals surface area (Å²) in [5.41, 5.74) is 3.26. The molecule has 1 aliphatic heterocycles. The summed E-state index contributed by atoms with van der Waals surface area (Å²) in [7, 11) is 0. The number of guanidine groups is 1. The van der Waals surface area contributed by atoms with Crippen molar-refractivity contribution in [3.05, 3.63) is 54.1 Å². The lowest BCUT2D eigenvalue weighted by Gasteiger charge is -2.22. The Labute approximate surface area is 191 Å². The van der Waals surface area contributed by atoms with E-state index >= 15 is 0 Å². The van der Waals surface area contributed by atoms with Crippen molar-refractivity contribution in [3.8, 4) is 5.75 Å². The highest BCUT2D eigenvalue weighted by molar-refractivity contribution is 5.88. The normalized spacial score (nSPS) is 14.7. The molecule has 3 N–H and O–H groups in total. The second-order valence-corrected chi connectivity index (χ2v) is 7.97. The number of anilines is 2. The molecule has 0 bridgehead atoms. The number of carbonyl (C=O) groups excluding carboxylic acids is 1. The fourth-order valence-corrected chi connectivity index (χ4v) is 3.76. The van der Waals surface area contributed by atoms with Gasteiger partial charge in [0.05, 0.1) is 12.6 Å². The summed E-state index contributed by atoms with van der Waals surface area (Å²) < 4.78 is 5.80. The van der Waals surface area contributed by atoms with E-state index in [4.69, 9.17) is 4.74 Å². The molecule has 1 aliphatic rings. The number of carbonyl (C=O) groups is 1. The van der Waals surface area contributed by atoms with Crippen LogP contribution in [0.1, 0.15) is 45.2 Å². The van der Waals surface area contributed by atoms with Crippen molar-refractivity contribution in [3.63, 3.8) is 0 Å². The van der Waals surface area contributed by atoms with Crippen LogP contribution in [0.25, 0.3) is 0 Å². The van der Waals surface area contributed by atoms with Crippen LogP contribution in [0.4, 0.5) is 11.4 Å². The summed E-state index contributed by atoms with van der Waals surface area (Å²) in [4.78, 5) is 18.3. The van der Waals surface area contributed by atoms with Crippen LogP contribution in [-0.4, -0.2) is 44.7 Å². The first-order valence-electron chi connectivity index (χ1n) is 11.5. The monoisotopic (exact) mass is 437 g/mol. The standard InChI is InChI=1S/C25H35N5O2/c1-4-26-25(27-13-16-32-24-12-8-10-22(18-24)29-20(3)31)28-19(2)21-9-7-11-23(17-21)30-14-5-6-15-30/h7-12,17-19H,4-6,13-16H2,1-3H3,(H,29,31)(H2,26,27,28). The van der Waals surface area contributed by atoms with Gasteiger partial charge in [-0.1, -0.05) is 18.2 Å². The number of hydrogen-bond donors (Lipinski definition) is 3. The summed E-state index contributed by atoms with van der Waals surface area (Å²) in [5, 5.41) is 9.57. The molecule has 172 valence electrons. The highest BCUT2D eigenvalue weighted by Crippen LogP contribution is 2.24. The fourth-order valence-electron chi connectivity index (χ4n) is 3.76. The van der Waals surface area contributed by atoms with Gasteiger partial charge in [0.1, 0.15) is 12.4 Å². The topological polar surface area (TPSA) is 78.0 Å². The van der Waals surface area contributed by atoms with Crippen LogP contribution in [-0.2, 0) is 4.79 Å². The first-order chi connectivity index (χ1) is 15.5. The van der Waals surface area contributed by atoms with Crippen molar-refractivity contribution < 1.29 is 9.53 Å². The number of benzene rings is 2. The Morgan fingerprint density at radius 3 is 2.69 bits per heavy atom. The van der Waals surface area contributed by atoms with Gasteiger partial charge in [-0.2, -0.15) is 0 Å². The average Bonchev–Trinajstić information content (AvgIpc) is 3.32. The van der Waals surface area contributed by atoms with E-state index in [1.165, 1.54) is 31.0 Å². The third-order valence-electron chi connectivity index (χ3n) is 5.32. The minimum Gasteiger partial charge on any atom is -0.492 e. The maximum Gasteiger partial charge on any atom is 0.221 e. The molecule has 1 atom stereocenters.